The van der Waals surface area contributed by atoms with E-state index in [-0.39, 0.29) is 35.2 Å². The molecular weight excluding hydrogens is 396 g/mol. The maximum atomic E-state index is 13.8. The van der Waals surface area contributed by atoms with Crippen LogP contribution in [0, 0.1) is 17.0 Å². The standard InChI is InChI=1S/C21H21F2N3O4/c1-21-5-2-6-24-15(21)10-26-9-13(17(27)18(28)16(26)19(21)29)20(30)25-8-11-3-4-12(22)7-14(11)23/h3-4,7,9,15,24,28H,2,5-6,8,10H2,1H3,(H,25,30)/t15-,21-/m0/s1. The van der Waals surface area contributed by atoms with Gasteiger partial charge in [-0.05, 0) is 25.5 Å². The molecule has 2 aliphatic heterocycles. The Kier molecular flexibility index (Phi) is 4.93. The van der Waals surface area contributed by atoms with E-state index in [1.54, 1.807) is 0 Å². The van der Waals surface area contributed by atoms with Gasteiger partial charge in [0.1, 0.15) is 22.9 Å². The minimum absolute atomic E-state index is 0.0457. The Morgan fingerprint density at radius 3 is 2.87 bits per heavy atom. The molecule has 9 heteroatoms. The van der Waals surface area contributed by atoms with Gasteiger partial charge in [0, 0.05) is 42.4 Å². The fourth-order valence-electron chi connectivity index (χ4n) is 4.27. The smallest absolute Gasteiger partial charge is 0.257 e. The molecule has 7 nitrogen and oxygen atoms in total. The SMILES string of the molecule is C[C@]12CCCN[C@H]1Cn1cc(C(=O)NCc3ccc(F)cc3F)c(=O)c(O)c1C2=O. The molecular formula is C21H21F2N3O4. The zero-order valence-electron chi connectivity index (χ0n) is 16.3. The molecule has 2 atom stereocenters. The zero-order chi connectivity index (χ0) is 21.6. The van der Waals surface area contributed by atoms with E-state index in [0.717, 1.165) is 19.0 Å². The lowest BCUT2D eigenvalue weighted by atomic mass is 9.69. The quantitative estimate of drug-likeness (QED) is 0.706. The number of piperidine rings is 1. The van der Waals surface area contributed by atoms with Gasteiger partial charge in [-0.2, -0.15) is 0 Å². The fourth-order valence-corrected chi connectivity index (χ4v) is 4.27. The van der Waals surface area contributed by atoms with Crippen LogP contribution in [0.5, 0.6) is 5.75 Å². The predicted octanol–water partition coefficient (Wildman–Crippen LogP) is 1.72. The maximum absolute atomic E-state index is 13.8. The first-order valence-corrected chi connectivity index (χ1v) is 9.69. The monoisotopic (exact) mass is 417 g/mol. The van der Waals surface area contributed by atoms with Crippen LogP contribution in [0.3, 0.4) is 0 Å². The number of pyridine rings is 1. The number of ketones is 1. The maximum Gasteiger partial charge on any atom is 0.257 e. The van der Waals surface area contributed by atoms with E-state index in [1.807, 2.05) is 6.92 Å². The van der Waals surface area contributed by atoms with Crippen molar-refractivity contribution in [3.8, 4) is 5.75 Å². The van der Waals surface area contributed by atoms with E-state index in [4.69, 9.17) is 0 Å². The summed E-state index contributed by atoms with van der Waals surface area (Å²) in [6.07, 6.45) is 2.70. The first kappa shape index (κ1) is 20.2. The van der Waals surface area contributed by atoms with Crippen LogP contribution in [0.15, 0.2) is 29.2 Å². The molecule has 0 radical (unpaired) electrons. The van der Waals surface area contributed by atoms with Gasteiger partial charge >= 0.3 is 0 Å². The van der Waals surface area contributed by atoms with Crippen LogP contribution >= 0.6 is 0 Å². The highest BCUT2D eigenvalue weighted by Gasteiger charge is 2.48. The number of hydrogen-bond acceptors (Lipinski definition) is 5. The number of Topliss-reactive ketones (excluding diaryl/α,β-unsaturated/α-hetero) is 1. The number of benzene rings is 1. The number of rotatable bonds is 3. The lowest BCUT2D eigenvalue weighted by Crippen LogP contribution is -2.58. The summed E-state index contributed by atoms with van der Waals surface area (Å²) in [6.45, 7) is 2.62. The number of nitrogens with zero attached hydrogens (tertiary/aromatic N) is 1. The van der Waals surface area contributed by atoms with Gasteiger partial charge in [-0.25, -0.2) is 8.78 Å². The summed E-state index contributed by atoms with van der Waals surface area (Å²) in [4.78, 5) is 38.2. The molecule has 1 aromatic carbocycles. The molecule has 2 aromatic rings. The van der Waals surface area contributed by atoms with Crippen LogP contribution in [-0.2, 0) is 13.1 Å². The highest BCUT2D eigenvalue weighted by molar-refractivity contribution is 6.03. The Morgan fingerprint density at radius 1 is 1.37 bits per heavy atom. The molecule has 1 amide bonds. The van der Waals surface area contributed by atoms with Crippen LogP contribution in [0.4, 0.5) is 8.78 Å². The lowest BCUT2D eigenvalue weighted by molar-refractivity contribution is 0.0574. The topological polar surface area (TPSA) is 100 Å². The fraction of sp³-hybridized carbons (Fsp3) is 0.381. The number of carbonyl (C=O) groups is 2. The number of fused-ring (bicyclic) bond motifs is 2. The van der Waals surface area contributed by atoms with Gasteiger partial charge in [0.2, 0.25) is 5.43 Å². The first-order chi connectivity index (χ1) is 14.2. The summed E-state index contributed by atoms with van der Waals surface area (Å²) in [5.41, 5.74) is -2.09. The van der Waals surface area contributed by atoms with Gasteiger partial charge in [0.05, 0.1) is 0 Å². The van der Waals surface area contributed by atoms with Crippen LogP contribution in [0.1, 0.15) is 46.2 Å². The number of hydrogen-bond donors (Lipinski definition) is 3. The third kappa shape index (κ3) is 3.19. The van der Waals surface area contributed by atoms with Crippen LogP contribution in [0.25, 0.3) is 0 Å². The molecule has 0 unspecified atom stereocenters. The Bertz CT molecular complexity index is 1110. The van der Waals surface area contributed by atoms with Gasteiger partial charge in [0.15, 0.2) is 11.5 Å². The number of amides is 1. The minimum Gasteiger partial charge on any atom is -0.503 e. The van der Waals surface area contributed by atoms with Gasteiger partial charge in [-0.1, -0.05) is 13.0 Å². The molecule has 0 saturated carbocycles. The minimum atomic E-state index is -0.961. The summed E-state index contributed by atoms with van der Waals surface area (Å²) < 4.78 is 28.2. The van der Waals surface area contributed by atoms with E-state index in [0.29, 0.717) is 19.0 Å². The summed E-state index contributed by atoms with van der Waals surface area (Å²) in [6, 6.07) is 2.76. The third-order valence-corrected chi connectivity index (χ3v) is 6.10. The molecule has 3 N–H and O–H groups in total. The summed E-state index contributed by atoms with van der Waals surface area (Å²) in [7, 11) is 0. The van der Waals surface area contributed by atoms with E-state index in [2.05, 4.69) is 10.6 Å². The average Bonchev–Trinajstić information content (AvgIpc) is 2.70. The van der Waals surface area contributed by atoms with Crippen molar-refractivity contribution < 1.29 is 23.5 Å². The Hall–Kier alpha value is -3.07. The van der Waals surface area contributed by atoms with Crippen molar-refractivity contribution in [1.29, 1.82) is 0 Å². The Balaban J connectivity index is 1.64. The molecule has 1 fully saturated rings. The molecule has 1 saturated heterocycles. The summed E-state index contributed by atoms with van der Waals surface area (Å²) in [5, 5.41) is 16.1. The zero-order valence-corrected chi connectivity index (χ0v) is 16.3. The second kappa shape index (κ2) is 7.32. The predicted molar refractivity (Wildman–Crippen MR) is 103 cm³/mol. The van der Waals surface area contributed by atoms with E-state index < -0.39 is 34.1 Å². The van der Waals surface area contributed by atoms with Crippen molar-refractivity contribution in [3.05, 3.63) is 63.1 Å². The molecule has 30 heavy (non-hydrogen) atoms. The average molecular weight is 417 g/mol. The van der Waals surface area contributed by atoms with Crippen molar-refractivity contribution >= 4 is 11.7 Å². The van der Waals surface area contributed by atoms with Crippen molar-refractivity contribution in [1.82, 2.24) is 15.2 Å². The highest BCUT2D eigenvalue weighted by Crippen LogP contribution is 2.40. The number of carbonyl (C=O) groups excluding carboxylic acids is 2. The second-order valence-electron chi connectivity index (χ2n) is 8.00. The highest BCUT2D eigenvalue weighted by atomic mass is 19.1. The Morgan fingerprint density at radius 2 is 2.13 bits per heavy atom. The van der Waals surface area contributed by atoms with Crippen molar-refractivity contribution in [2.75, 3.05) is 6.54 Å². The van der Waals surface area contributed by atoms with Gasteiger partial charge < -0.3 is 20.3 Å². The third-order valence-electron chi connectivity index (χ3n) is 6.10. The molecule has 158 valence electrons. The molecule has 4 rings (SSSR count). The van der Waals surface area contributed by atoms with Crippen molar-refractivity contribution in [3.63, 3.8) is 0 Å². The van der Waals surface area contributed by atoms with Crippen LogP contribution < -0.4 is 16.1 Å². The number of aromatic nitrogens is 1. The van der Waals surface area contributed by atoms with E-state index in [1.165, 1.54) is 16.8 Å². The summed E-state index contributed by atoms with van der Waals surface area (Å²) in [5.74, 6) is -3.49. The second-order valence-corrected chi connectivity index (χ2v) is 8.00. The van der Waals surface area contributed by atoms with Gasteiger partial charge in [-0.15, -0.1) is 0 Å². The molecule has 0 spiro atoms. The number of aromatic hydroxyl groups is 1. The molecule has 0 aliphatic carbocycles. The van der Waals surface area contributed by atoms with E-state index >= 15 is 0 Å². The molecule has 2 aliphatic rings. The molecule has 3 heterocycles. The number of halogens is 2. The largest absolute Gasteiger partial charge is 0.503 e. The van der Waals surface area contributed by atoms with Crippen LogP contribution in [-0.4, -0.2) is 34.0 Å². The van der Waals surface area contributed by atoms with Gasteiger partial charge in [-0.3, -0.25) is 14.4 Å². The van der Waals surface area contributed by atoms with Crippen molar-refractivity contribution in [2.24, 2.45) is 5.41 Å². The summed E-state index contributed by atoms with van der Waals surface area (Å²) >= 11 is 0. The normalized spacial score (nSPS) is 22.9. The number of nitrogens with one attached hydrogen (secondary N) is 2. The lowest BCUT2D eigenvalue weighted by Gasteiger charge is -2.45. The molecule has 0 bridgehead atoms. The van der Waals surface area contributed by atoms with Crippen LogP contribution in [0.2, 0.25) is 0 Å². The molecule has 1 aromatic heterocycles. The van der Waals surface area contributed by atoms with E-state index in [9.17, 15) is 28.3 Å². The first-order valence-electron chi connectivity index (χ1n) is 9.69. The van der Waals surface area contributed by atoms with Gasteiger partial charge in [0.25, 0.3) is 5.91 Å². The Labute approximate surface area is 170 Å². The van der Waals surface area contributed by atoms with Crippen molar-refractivity contribution in [2.45, 2.75) is 38.9 Å².